The van der Waals surface area contributed by atoms with E-state index < -0.39 is 8.07 Å². The lowest BCUT2D eigenvalue weighted by Crippen LogP contribution is -2.19. The van der Waals surface area contributed by atoms with E-state index >= 15 is 0 Å². The smallest absolute Gasteiger partial charge is 0.0445 e. The summed E-state index contributed by atoms with van der Waals surface area (Å²) in [5.74, 6) is 0. The van der Waals surface area contributed by atoms with Gasteiger partial charge in [0.05, 0.1) is 0 Å². The van der Waals surface area contributed by atoms with Crippen LogP contribution in [-0.2, 0) is 6.42 Å². The number of hydrogen-bond donors (Lipinski definition) is 1. The van der Waals surface area contributed by atoms with Crippen LogP contribution in [0.2, 0.25) is 25.7 Å². The molecule has 0 atom stereocenters. The topological polar surface area (TPSA) is 26.0 Å². The summed E-state index contributed by atoms with van der Waals surface area (Å²) in [4.78, 5) is 0. The highest BCUT2D eigenvalue weighted by atomic mass is 28.3. The molecule has 78 valence electrons. The number of nitrogens with two attached hydrogens (primary N) is 1. The summed E-state index contributed by atoms with van der Waals surface area (Å²) < 4.78 is 0. The Morgan fingerprint density at radius 2 is 1.86 bits per heavy atom. The lowest BCUT2D eigenvalue weighted by atomic mass is 10.1. The molecule has 1 nitrogen and oxygen atoms in total. The van der Waals surface area contributed by atoms with E-state index in [1.54, 1.807) is 0 Å². The maximum atomic E-state index is 5.78. The van der Waals surface area contributed by atoms with E-state index in [0.29, 0.717) is 0 Å². The average molecular weight is 207 g/mol. The predicted octanol–water partition coefficient (Wildman–Crippen LogP) is 3.46. The molecule has 0 spiro atoms. The molecular formula is C12H21NSi. The summed E-state index contributed by atoms with van der Waals surface area (Å²) >= 11 is 0. The number of anilines is 1. The highest BCUT2D eigenvalue weighted by Crippen LogP contribution is 2.17. The molecule has 1 rings (SSSR count). The molecule has 0 aliphatic rings. The van der Waals surface area contributed by atoms with Crippen molar-refractivity contribution in [3.63, 3.8) is 0 Å². The molecule has 0 aliphatic heterocycles. The molecule has 0 saturated carbocycles. The van der Waals surface area contributed by atoms with Crippen LogP contribution in [0.4, 0.5) is 5.69 Å². The van der Waals surface area contributed by atoms with Gasteiger partial charge in [-0.25, -0.2) is 0 Å². The summed E-state index contributed by atoms with van der Waals surface area (Å²) in [6.07, 6.45) is 1.21. The van der Waals surface area contributed by atoms with E-state index in [1.165, 1.54) is 23.6 Å². The predicted molar refractivity (Wildman–Crippen MR) is 67.4 cm³/mol. The summed E-state index contributed by atoms with van der Waals surface area (Å²) in [5.41, 5.74) is 9.32. The highest BCUT2D eigenvalue weighted by molar-refractivity contribution is 6.76. The minimum Gasteiger partial charge on any atom is -0.399 e. The monoisotopic (exact) mass is 207 g/mol. The Bertz CT molecular complexity index is 313. The van der Waals surface area contributed by atoms with Gasteiger partial charge in [-0.15, -0.1) is 0 Å². The first-order chi connectivity index (χ1) is 6.38. The molecule has 0 aliphatic carbocycles. The van der Waals surface area contributed by atoms with Crippen LogP contribution >= 0.6 is 0 Å². The number of benzene rings is 1. The molecule has 0 saturated heterocycles. The van der Waals surface area contributed by atoms with Gasteiger partial charge < -0.3 is 5.73 Å². The fourth-order valence-electron chi connectivity index (χ4n) is 1.41. The maximum absolute atomic E-state index is 5.78. The van der Waals surface area contributed by atoms with E-state index in [2.05, 4.69) is 38.7 Å². The maximum Gasteiger partial charge on any atom is 0.0445 e. The first kappa shape index (κ1) is 11.3. The Labute approximate surface area is 88.3 Å². The number of aryl methyl sites for hydroxylation is 2. The van der Waals surface area contributed by atoms with Crippen LogP contribution < -0.4 is 5.73 Å². The third-order valence-corrected chi connectivity index (χ3v) is 4.25. The van der Waals surface area contributed by atoms with Crippen molar-refractivity contribution < 1.29 is 0 Å². The summed E-state index contributed by atoms with van der Waals surface area (Å²) in [5, 5.41) is 0. The van der Waals surface area contributed by atoms with Gasteiger partial charge in [0.25, 0.3) is 0 Å². The first-order valence-electron chi connectivity index (χ1n) is 5.23. The molecule has 0 heterocycles. The fraction of sp³-hybridized carbons (Fsp3) is 0.500. The van der Waals surface area contributed by atoms with Gasteiger partial charge in [-0.1, -0.05) is 37.8 Å². The lowest BCUT2D eigenvalue weighted by molar-refractivity contribution is 1.09. The normalized spacial score (nSPS) is 11.7. The molecule has 0 unspecified atom stereocenters. The standard InChI is InChI=1S/C12H21NSi/c1-10-9-11(5-6-12(10)13)7-8-14(2,3)4/h5-6,9H,7-8,13H2,1-4H3. The Kier molecular flexibility index (Phi) is 3.37. The highest BCUT2D eigenvalue weighted by Gasteiger charge is 2.12. The van der Waals surface area contributed by atoms with Crippen molar-refractivity contribution >= 4 is 13.8 Å². The van der Waals surface area contributed by atoms with E-state index in [-0.39, 0.29) is 0 Å². The van der Waals surface area contributed by atoms with Crippen LogP contribution in [0, 0.1) is 6.92 Å². The minimum atomic E-state index is -0.902. The van der Waals surface area contributed by atoms with Gasteiger partial charge in [0, 0.05) is 13.8 Å². The van der Waals surface area contributed by atoms with Gasteiger partial charge >= 0.3 is 0 Å². The molecule has 1 aromatic rings. The van der Waals surface area contributed by atoms with E-state index in [0.717, 1.165) is 5.69 Å². The van der Waals surface area contributed by atoms with Crippen molar-refractivity contribution in [2.24, 2.45) is 0 Å². The van der Waals surface area contributed by atoms with Crippen LogP contribution in [0.15, 0.2) is 18.2 Å². The molecule has 14 heavy (non-hydrogen) atoms. The van der Waals surface area contributed by atoms with Crippen LogP contribution in [0.3, 0.4) is 0 Å². The molecular weight excluding hydrogens is 186 g/mol. The largest absolute Gasteiger partial charge is 0.399 e. The van der Waals surface area contributed by atoms with Gasteiger partial charge in [0.1, 0.15) is 0 Å². The van der Waals surface area contributed by atoms with Crippen molar-refractivity contribution in [3.05, 3.63) is 29.3 Å². The third kappa shape index (κ3) is 3.54. The Morgan fingerprint density at radius 1 is 1.21 bits per heavy atom. The minimum absolute atomic E-state index is 0.902. The number of nitrogen functional groups attached to an aromatic ring is 1. The molecule has 1 aromatic carbocycles. The molecule has 2 N–H and O–H groups in total. The van der Waals surface area contributed by atoms with Gasteiger partial charge in [0.15, 0.2) is 0 Å². The van der Waals surface area contributed by atoms with Gasteiger partial charge in [-0.2, -0.15) is 0 Å². The second kappa shape index (κ2) is 4.18. The zero-order chi connectivity index (χ0) is 10.8. The van der Waals surface area contributed by atoms with E-state index in [1.807, 2.05) is 6.07 Å². The molecule has 0 fully saturated rings. The zero-order valence-corrected chi connectivity index (χ0v) is 10.7. The average Bonchev–Trinajstić information content (AvgIpc) is 2.06. The summed E-state index contributed by atoms with van der Waals surface area (Å²) in [6.45, 7) is 9.32. The molecule has 0 aromatic heterocycles. The van der Waals surface area contributed by atoms with Crippen LogP contribution in [-0.4, -0.2) is 8.07 Å². The van der Waals surface area contributed by atoms with Crippen molar-refractivity contribution in [3.8, 4) is 0 Å². The molecule has 0 radical (unpaired) electrons. The van der Waals surface area contributed by atoms with Crippen LogP contribution in [0.5, 0.6) is 0 Å². The second-order valence-corrected chi connectivity index (χ2v) is 10.9. The molecule has 0 bridgehead atoms. The number of rotatable bonds is 3. The van der Waals surface area contributed by atoms with Gasteiger partial charge in [-0.3, -0.25) is 0 Å². The lowest BCUT2D eigenvalue weighted by Gasteiger charge is -2.15. The molecule has 0 amide bonds. The first-order valence-corrected chi connectivity index (χ1v) is 8.94. The van der Waals surface area contributed by atoms with Crippen molar-refractivity contribution in [1.29, 1.82) is 0 Å². The van der Waals surface area contributed by atoms with Crippen LogP contribution in [0.1, 0.15) is 11.1 Å². The van der Waals surface area contributed by atoms with Crippen molar-refractivity contribution in [2.45, 2.75) is 39.0 Å². The van der Waals surface area contributed by atoms with E-state index in [4.69, 9.17) is 5.73 Å². The SMILES string of the molecule is Cc1cc(CC[Si](C)(C)C)ccc1N. The van der Waals surface area contributed by atoms with E-state index in [9.17, 15) is 0 Å². The van der Waals surface area contributed by atoms with Gasteiger partial charge in [-0.05, 0) is 30.5 Å². The summed E-state index contributed by atoms with van der Waals surface area (Å²) in [6, 6.07) is 7.75. The van der Waals surface area contributed by atoms with Crippen molar-refractivity contribution in [1.82, 2.24) is 0 Å². The fourth-order valence-corrected chi connectivity index (χ4v) is 2.45. The quantitative estimate of drug-likeness (QED) is 0.596. The second-order valence-electron chi connectivity index (χ2n) is 5.25. The van der Waals surface area contributed by atoms with Crippen molar-refractivity contribution in [2.75, 3.05) is 5.73 Å². The molecule has 2 heteroatoms. The summed E-state index contributed by atoms with van der Waals surface area (Å²) in [7, 11) is -0.902. The third-order valence-electron chi connectivity index (χ3n) is 2.50. The Balaban J connectivity index is 2.65. The van der Waals surface area contributed by atoms with Crippen LogP contribution in [0.25, 0.3) is 0 Å². The Morgan fingerprint density at radius 3 is 2.36 bits per heavy atom. The zero-order valence-electron chi connectivity index (χ0n) is 9.72. The van der Waals surface area contributed by atoms with Gasteiger partial charge in [0.2, 0.25) is 0 Å². The number of hydrogen-bond acceptors (Lipinski definition) is 1. The Hall–Kier alpha value is -0.763.